The van der Waals surface area contributed by atoms with Crippen LogP contribution in [0.25, 0.3) is 0 Å². The van der Waals surface area contributed by atoms with Crippen LogP contribution in [0.15, 0.2) is 24.3 Å². The highest BCUT2D eigenvalue weighted by molar-refractivity contribution is 5.92. The van der Waals surface area contributed by atoms with Crippen LogP contribution in [0.3, 0.4) is 0 Å². The van der Waals surface area contributed by atoms with Crippen molar-refractivity contribution >= 4 is 11.6 Å². The molecule has 2 rings (SSSR count). The van der Waals surface area contributed by atoms with E-state index in [4.69, 9.17) is 5.11 Å². The number of anilines is 1. The number of carbonyl (C=O) groups excluding carboxylic acids is 1. The molecule has 1 saturated carbocycles. The molecule has 1 aliphatic carbocycles. The predicted molar refractivity (Wildman–Crippen MR) is 70.9 cm³/mol. The smallest absolute Gasteiger partial charge is 0.227 e. The Labute approximate surface area is 107 Å². The summed E-state index contributed by atoms with van der Waals surface area (Å²) in [6.45, 7) is 1.82. The fourth-order valence-corrected chi connectivity index (χ4v) is 1.88. The fraction of sp³-hybridized carbons (Fsp3) is 0.400. The molecule has 0 saturated heterocycles. The van der Waals surface area contributed by atoms with Gasteiger partial charge < -0.3 is 10.4 Å². The highest BCUT2D eigenvalue weighted by Gasteiger charge is 2.32. The summed E-state index contributed by atoms with van der Waals surface area (Å²) in [7, 11) is 0. The van der Waals surface area contributed by atoms with E-state index < -0.39 is 0 Å². The van der Waals surface area contributed by atoms with Crippen molar-refractivity contribution in [3.63, 3.8) is 0 Å². The van der Waals surface area contributed by atoms with Crippen LogP contribution >= 0.6 is 0 Å². The highest BCUT2D eigenvalue weighted by Crippen LogP contribution is 2.37. The molecule has 1 unspecified atom stereocenters. The summed E-state index contributed by atoms with van der Waals surface area (Å²) in [6.07, 6.45) is 2.33. The van der Waals surface area contributed by atoms with Crippen molar-refractivity contribution in [2.24, 2.45) is 11.8 Å². The first-order valence-corrected chi connectivity index (χ1v) is 6.21. The summed E-state index contributed by atoms with van der Waals surface area (Å²) in [4.78, 5) is 11.9. The summed E-state index contributed by atoms with van der Waals surface area (Å²) in [6, 6.07) is 7.36. The van der Waals surface area contributed by atoms with Crippen molar-refractivity contribution in [2.45, 2.75) is 19.8 Å². The molecule has 1 aromatic carbocycles. The number of aliphatic hydroxyl groups excluding tert-OH is 1. The topological polar surface area (TPSA) is 49.3 Å². The molecule has 94 valence electrons. The van der Waals surface area contributed by atoms with Crippen molar-refractivity contribution in [3.8, 4) is 11.8 Å². The monoisotopic (exact) mass is 243 g/mol. The van der Waals surface area contributed by atoms with Crippen LogP contribution in [0.5, 0.6) is 0 Å². The lowest BCUT2D eigenvalue weighted by Gasteiger charge is -2.11. The normalized spacial score (nSPS) is 15.4. The molecule has 1 atom stereocenters. The quantitative estimate of drug-likeness (QED) is 0.798. The Balaban J connectivity index is 2.02. The van der Waals surface area contributed by atoms with Gasteiger partial charge >= 0.3 is 0 Å². The predicted octanol–water partition coefficient (Wildman–Crippen LogP) is 2.01. The summed E-state index contributed by atoms with van der Waals surface area (Å²) in [5.41, 5.74) is 1.55. The molecule has 2 N–H and O–H groups in total. The Morgan fingerprint density at radius 1 is 1.56 bits per heavy atom. The Kier molecular flexibility index (Phi) is 4.01. The van der Waals surface area contributed by atoms with Gasteiger partial charge in [-0.25, -0.2) is 0 Å². The number of hydrogen-bond donors (Lipinski definition) is 2. The van der Waals surface area contributed by atoms with Crippen LogP contribution in [0.2, 0.25) is 0 Å². The van der Waals surface area contributed by atoms with Crippen molar-refractivity contribution in [1.82, 2.24) is 0 Å². The molecule has 0 heterocycles. The van der Waals surface area contributed by atoms with Crippen LogP contribution in [-0.4, -0.2) is 17.6 Å². The molecule has 0 aliphatic heterocycles. The zero-order chi connectivity index (χ0) is 13.0. The first-order chi connectivity index (χ1) is 8.70. The number of benzene rings is 1. The SMILES string of the molecule is CC(C(=O)Nc1cccc(C#CCO)c1)C1CC1. The Hall–Kier alpha value is -1.79. The molecule has 1 amide bonds. The Morgan fingerprint density at radius 3 is 3.00 bits per heavy atom. The lowest BCUT2D eigenvalue weighted by Crippen LogP contribution is -2.21. The Bertz CT molecular complexity index is 495. The average molecular weight is 243 g/mol. The van der Waals surface area contributed by atoms with Crippen LogP contribution in [0.4, 0.5) is 5.69 Å². The van der Waals surface area contributed by atoms with E-state index >= 15 is 0 Å². The molecule has 18 heavy (non-hydrogen) atoms. The van der Waals surface area contributed by atoms with E-state index in [1.807, 2.05) is 31.2 Å². The van der Waals surface area contributed by atoms with Crippen LogP contribution in [0.1, 0.15) is 25.3 Å². The van der Waals surface area contributed by atoms with Gasteiger partial charge in [0.15, 0.2) is 0 Å². The van der Waals surface area contributed by atoms with E-state index in [0.717, 1.165) is 24.1 Å². The van der Waals surface area contributed by atoms with Crippen LogP contribution in [0, 0.1) is 23.7 Å². The number of aliphatic hydroxyl groups is 1. The van der Waals surface area contributed by atoms with E-state index in [9.17, 15) is 4.79 Å². The van der Waals surface area contributed by atoms with Crippen molar-refractivity contribution in [2.75, 3.05) is 11.9 Å². The maximum absolute atomic E-state index is 11.9. The van der Waals surface area contributed by atoms with Gasteiger partial charge in [-0.3, -0.25) is 4.79 Å². The van der Waals surface area contributed by atoms with E-state index in [1.54, 1.807) is 0 Å². The lowest BCUT2D eigenvalue weighted by atomic mass is 10.1. The third kappa shape index (κ3) is 3.35. The standard InChI is InChI=1S/C15H17NO2/c1-11(13-7-8-13)15(18)16-14-6-2-4-12(10-14)5-3-9-17/h2,4,6,10-11,13,17H,7-9H2,1H3,(H,16,18). The minimum Gasteiger partial charge on any atom is -0.384 e. The number of nitrogens with one attached hydrogen (secondary N) is 1. The number of amides is 1. The van der Waals surface area contributed by atoms with Gasteiger partial charge in [-0.2, -0.15) is 0 Å². The summed E-state index contributed by atoms with van der Waals surface area (Å²) < 4.78 is 0. The van der Waals surface area contributed by atoms with Gasteiger partial charge in [0.05, 0.1) is 0 Å². The number of hydrogen-bond acceptors (Lipinski definition) is 2. The summed E-state index contributed by atoms with van der Waals surface area (Å²) in [5, 5.41) is 11.6. The molecule has 1 aliphatic rings. The molecule has 1 aromatic rings. The minimum absolute atomic E-state index is 0.0739. The van der Waals surface area contributed by atoms with Gasteiger partial charge in [0, 0.05) is 17.2 Å². The van der Waals surface area contributed by atoms with Gasteiger partial charge in [-0.15, -0.1) is 0 Å². The fourth-order valence-electron chi connectivity index (χ4n) is 1.88. The molecule has 0 radical (unpaired) electrons. The van der Waals surface area contributed by atoms with Crippen molar-refractivity contribution < 1.29 is 9.90 Å². The van der Waals surface area contributed by atoms with Crippen LogP contribution in [-0.2, 0) is 4.79 Å². The van der Waals surface area contributed by atoms with E-state index in [0.29, 0.717) is 5.92 Å². The third-order valence-electron chi connectivity index (χ3n) is 3.18. The molecule has 0 bridgehead atoms. The average Bonchev–Trinajstić information content (AvgIpc) is 3.20. The molecular formula is C15H17NO2. The minimum atomic E-state index is -0.157. The molecular weight excluding hydrogens is 226 g/mol. The second-order valence-electron chi connectivity index (χ2n) is 4.66. The molecule has 0 aromatic heterocycles. The highest BCUT2D eigenvalue weighted by atomic mass is 16.2. The van der Waals surface area contributed by atoms with Crippen molar-refractivity contribution in [3.05, 3.63) is 29.8 Å². The largest absolute Gasteiger partial charge is 0.384 e. The molecule has 1 fully saturated rings. The molecule has 0 spiro atoms. The summed E-state index contributed by atoms with van der Waals surface area (Å²) >= 11 is 0. The second-order valence-corrected chi connectivity index (χ2v) is 4.66. The first-order valence-electron chi connectivity index (χ1n) is 6.21. The van der Waals surface area contributed by atoms with Crippen LogP contribution < -0.4 is 5.32 Å². The van der Waals surface area contributed by atoms with Gasteiger partial charge in [-0.05, 0) is 37.0 Å². The van der Waals surface area contributed by atoms with Gasteiger partial charge in [0.2, 0.25) is 5.91 Å². The zero-order valence-corrected chi connectivity index (χ0v) is 10.4. The van der Waals surface area contributed by atoms with Crippen molar-refractivity contribution in [1.29, 1.82) is 0 Å². The van der Waals surface area contributed by atoms with E-state index in [2.05, 4.69) is 17.2 Å². The zero-order valence-electron chi connectivity index (χ0n) is 10.4. The van der Waals surface area contributed by atoms with Gasteiger partial charge in [-0.1, -0.05) is 24.8 Å². The maximum Gasteiger partial charge on any atom is 0.227 e. The van der Waals surface area contributed by atoms with E-state index in [-0.39, 0.29) is 18.4 Å². The number of carbonyl (C=O) groups is 1. The maximum atomic E-state index is 11.9. The lowest BCUT2D eigenvalue weighted by molar-refractivity contribution is -0.119. The molecule has 3 heteroatoms. The molecule has 3 nitrogen and oxygen atoms in total. The third-order valence-corrected chi connectivity index (χ3v) is 3.18. The Morgan fingerprint density at radius 2 is 2.33 bits per heavy atom. The summed E-state index contributed by atoms with van der Waals surface area (Å²) in [5.74, 6) is 6.12. The number of rotatable bonds is 3. The van der Waals surface area contributed by atoms with Gasteiger partial charge in [0.1, 0.15) is 6.61 Å². The second kappa shape index (κ2) is 5.70. The van der Waals surface area contributed by atoms with Gasteiger partial charge in [0.25, 0.3) is 0 Å². The van der Waals surface area contributed by atoms with E-state index in [1.165, 1.54) is 0 Å². The first kappa shape index (κ1) is 12.7.